The fourth-order valence-electron chi connectivity index (χ4n) is 7.09. The molecule has 216 valence electrons. The SMILES string of the molecule is COc1nc(N2C3CCC2CN(CC2(O)CC2)C3)c2c3c(c(-c4ncc(F)c5sc(N)c(C#N)c45)c(F)c2n1)COC3. The Kier molecular flexibility index (Phi) is 5.66. The molecule has 0 radical (unpaired) electrons. The predicted molar refractivity (Wildman–Crippen MR) is 152 cm³/mol. The summed E-state index contributed by atoms with van der Waals surface area (Å²) >= 11 is 0.938. The Hall–Kier alpha value is -3.70. The van der Waals surface area contributed by atoms with Gasteiger partial charge in [-0.1, -0.05) is 0 Å². The number of aliphatic hydroxyl groups is 1. The smallest absolute Gasteiger partial charge is 0.318 e. The summed E-state index contributed by atoms with van der Waals surface area (Å²) in [4.78, 5) is 18.2. The average Bonchev–Trinajstić information content (AvgIpc) is 3.27. The highest BCUT2D eigenvalue weighted by atomic mass is 32.1. The topological polar surface area (TPSA) is 134 Å². The Labute approximate surface area is 243 Å². The molecule has 2 unspecified atom stereocenters. The number of ether oxygens (including phenoxy) is 2. The molecule has 0 amide bonds. The summed E-state index contributed by atoms with van der Waals surface area (Å²) in [7, 11) is 1.45. The lowest BCUT2D eigenvalue weighted by Crippen LogP contribution is -2.55. The second kappa shape index (κ2) is 9.15. The van der Waals surface area contributed by atoms with Gasteiger partial charge in [0, 0.05) is 42.7 Å². The Morgan fingerprint density at radius 1 is 1.19 bits per heavy atom. The zero-order valence-corrected chi connectivity index (χ0v) is 23.6. The first kappa shape index (κ1) is 26.0. The maximum atomic E-state index is 16.9. The van der Waals surface area contributed by atoms with Gasteiger partial charge in [-0.2, -0.15) is 15.2 Å². The van der Waals surface area contributed by atoms with Crippen LogP contribution in [0.5, 0.6) is 6.01 Å². The number of nitrogens with zero attached hydrogens (tertiary/aromatic N) is 6. The van der Waals surface area contributed by atoms with E-state index in [9.17, 15) is 14.8 Å². The number of halogens is 2. The molecular formula is C29H27F2N7O3S. The van der Waals surface area contributed by atoms with Crippen LogP contribution >= 0.6 is 11.3 Å². The molecule has 3 aliphatic heterocycles. The number of aromatic nitrogens is 3. The summed E-state index contributed by atoms with van der Waals surface area (Å²) in [6, 6.07) is 2.35. The number of hydrogen-bond donors (Lipinski definition) is 2. The second-order valence-electron chi connectivity index (χ2n) is 11.7. The normalized spacial score (nSPS) is 22.6. The molecule has 3 N–H and O–H groups in total. The number of piperazine rings is 1. The fraction of sp³-hybridized carbons (Fsp3) is 0.448. The highest BCUT2D eigenvalue weighted by Crippen LogP contribution is 2.48. The standard InChI is InChI=1S/C29H27F2N7O3S/c1-40-28-35-24-21(27(36-28)38-13-2-3-14(38)9-37(8-13)12-29(39)4-5-29)17-11-41-10-16(17)19(22(24)31)23-20-15(6-32)26(33)42-25(20)18(30)7-34-23/h7,13-14,39H,2-5,8-12,33H2,1H3. The van der Waals surface area contributed by atoms with E-state index < -0.39 is 17.2 Å². The van der Waals surface area contributed by atoms with E-state index in [1.807, 2.05) is 6.07 Å². The molecule has 4 aliphatic rings. The van der Waals surface area contributed by atoms with Crippen molar-refractivity contribution in [2.24, 2.45) is 0 Å². The second-order valence-corrected chi connectivity index (χ2v) is 12.8. The van der Waals surface area contributed by atoms with Gasteiger partial charge < -0.3 is 25.2 Å². The van der Waals surface area contributed by atoms with Crippen LogP contribution in [0, 0.1) is 23.0 Å². The number of thiophene rings is 1. The third-order valence-corrected chi connectivity index (χ3v) is 10.2. The first-order valence-electron chi connectivity index (χ1n) is 14.0. The fourth-order valence-corrected chi connectivity index (χ4v) is 8.01. The highest BCUT2D eigenvalue weighted by Gasteiger charge is 2.47. The van der Waals surface area contributed by atoms with Gasteiger partial charge in [0.1, 0.15) is 22.4 Å². The molecule has 2 bridgehead atoms. The van der Waals surface area contributed by atoms with Crippen LogP contribution in [0.1, 0.15) is 42.4 Å². The molecular weight excluding hydrogens is 564 g/mol. The molecule has 2 atom stereocenters. The number of likely N-dealkylation sites (tertiary alicyclic amines) is 1. The van der Waals surface area contributed by atoms with Crippen molar-refractivity contribution in [3.63, 3.8) is 0 Å². The van der Waals surface area contributed by atoms with E-state index in [2.05, 4.69) is 19.8 Å². The molecule has 8 rings (SSSR count). The van der Waals surface area contributed by atoms with Crippen molar-refractivity contribution in [3.8, 4) is 23.3 Å². The zero-order chi connectivity index (χ0) is 28.9. The predicted octanol–water partition coefficient (Wildman–Crippen LogP) is 3.86. The van der Waals surface area contributed by atoms with Gasteiger partial charge in [-0.25, -0.2) is 8.78 Å². The third kappa shape index (κ3) is 3.72. The van der Waals surface area contributed by atoms with Gasteiger partial charge in [0.15, 0.2) is 11.6 Å². The van der Waals surface area contributed by atoms with Gasteiger partial charge in [0.05, 0.1) is 53.5 Å². The van der Waals surface area contributed by atoms with E-state index >= 15 is 4.39 Å². The summed E-state index contributed by atoms with van der Waals surface area (Å²) in [5.74, 6) is -0.681. The maximum Gasteiger partial charge on any atom is 0.318 e. The number of rotatable bonds is 5. The monoisotopic (exact) mass is 591 g/mol. The average molecular weight is 592 g/mol. The van der Waals surface area contributed by atoms with Crippen LogP contribution in [0.4, 0.5) is 19.6 Å². The summed E-state index contributed by atoms with van der Waals surface area (Å²) in [6.07, 6.45) is 4.63. The van der Waals surface area contributed by atoms with E-state index in [1.165, 1.54) is 7.11 Å². The summed E-state index contributed by atoms with van der Waals surface area (Å²) in [6.45, 7) is 2.55. The number of β-amino-alcohol motifs (C(OH)–C–C–N with tert-alkyl or cyclic N) is 1. The van der Waals surface area contributed by atoms with Crippen LogP contribution in [0.25, 0.3) is 32.2 Å². The minimum Gasteiger partial charge on any atom is -0.467 e. The molecule has 10 nitrogen and oxygen atoms in total. The van der Waals surface area contributed by atoms with Crippen LogP contribution in [0.15, 0.2) is 6.20 Å². The molecule has 3 aromatic heterocycles. The van der Waals surface area contributed by atoms with Gasteiger partial charge >= 0.3 is 6.01 Å². The highest BCUT2D eigenvalue weighted by molar-refractivity contribution is 7.23. The molecule has 1 aliphatic carbocycles. The molecule has 0 spiro atoms. The number of pyridine rings is 1. The largest absolute Gasteiger partial charge is 0.467 e. The van der Waals surface area contributed by atoms with E-state index in [-0.39, 0.29) is 68.7 Å². The number of hydrogen-bond acceptors (Lipinski definition) is 11. The lowest BCUT2D eigenvalue weighted by atomic mass is 9.93. The van der Waals surface area contributed by atoms with Crippen LogP contribution in [0.2, 0.25) is 0 Å². The van der Waals surface area contributed by atoms with Crippen molar-refractivity contribution in [3.05, 3.63) is 34.5 Å². The van der Waals surface area contributed by atoms with Crippen LogP contribution in [0.3, 0.4) is 0 Å². The summed E-state index contributed by atoms with van der Waals surface area (Å²) in [5.41, 5.74) is 7.19. The van der Waals surface area contributed by atoms with Crippen LogP contribution in [-0.4, -0.2) is 69.4 Å². The minimum atomic E-state index is -0.660. The third-order valence-electron chi connectivity index (χ3n) is 9.13. The van der Waals surface area contributed by atoms with Crippen molar-refractivity contribution in [1.29, 1.82) is 5.26 Å². The number of nitrogen functional groups attached to an aromatic ring is 1. The van der Waals surface area contributed by atoms with Crippen LogP contribution in [-0.2, 0) is 18.0 Å². The number of nitrogens with two attached hydrogens (primary N) is 1. The number of anilines is 2. The molecule has 3 fully saturated rings. The van der Waals surface area contributed by atoms with Gasteiger partial charge in [0.2, 0.25) is 0 Å². The first-order chi connectivity index (χ1) is 20.3. The van der Waals surface area contributed by atoms with Gasteiger partial charge in [0.25, 0.3) is 0 Å². The van der Waals surface area contributed by atoms with Gasteiger partial charge in [-0.15, -0.1) is 11.3 Å². The first-order valence-corrected chi connectivity index (χ1v) is 14.8. The van der Waals surface area contributed by atoms with Crippen LogP contribution < -0.4 is 15.4 Å². The molecule has 4 aromatic rings. The number of nitriles is 1. The van der Waals surface area contributed by atoms with Gasteiger partial charge in [-0.3, -0.25) is 9.88 Å². The van der Waals surface area contributed by atoms with Crippen molar-refractivity contribution in [2.75, 3.05) is 37.4 Å². The minimum absolute atomic E-state index is 0.0324. The Morgan fingerprint density at radius 3 is 2.62 bits per heavy atom. The van der Waals surface area contributed by atoms with Crippen molar-refractivity contribution >= 4 is 43.1 Å². The lowest BCUT2D eigenvalue weighted by Gasteiger charge is -2.43. The molecule has 1 saturated carbocycles. The molecule has 6 heterocycles. The number of fused-ring (bicyclic) bond motifs is 6. The Morgan fingerprint density at radius 2 is 1.93 bits per heavy atom. The summed E-state index contributed by atoms with van der Waals surface area (Å²) < 4.78 is 43.2. The van der Waals surface area contributed by atoms with Gasteiger partial charge in [-0.05, 0) is 36.8 Å². The lowest BCUT2D eigenvalue weighted by molar-refractivity contribution is 0.0803. The molecule has 1 aromatic carbocycles. The van der Waals surface area contributed by atoms with E-state index in [0.29, 0.717) is 23.3 Å². The molecule has 42 heavy (non-hydrogen) atoms. The molecule has 2 saturated heterocycles. The number of benzene rings is 1. The van der Waals surface area contributed by atoms with Crippen molar-refractivity contribution in [1.82, 2.24) is 19.9 Å². The quantitative estimate of drug-likeness (QED) is 0.353. The maximum absolute atomic E-state index is 16.9. The van der Waals surface area contributed by atoms with E-state index in [0.717, 1.165) is 61.9 Å². The van der Waals surface area contributed by atoms with E-state index in [4.69, 9.17) is 20.2 Å². The Bertz CT molecular complexity index is 1840. The van der Waals surface area contributed by atoms with E-state index in [1.54, 1.807) is 0 Å². The van der Waals surface area contributed by atoms with Crippen molar-refractivity contribution < 1.29 is 23.4 Å². The summed E-state index contributed by atoms with van der Waals surface area (Å²) in [5, 5.41) is 21.3. The molecule has 13 heteroatoms. The zero-order valence-electron chi connectivity index (χ0n) is 22.8. The van der Waals surface area contributed by atoms with Crippen molar-refractivity contribution in [2.45, 2.75) is 56.6 Å². The Balaban J connectivity index is 1.34. The number of methoxy groups -OCH3 is 1.